The van der Waals surface area contributed by atoms with E-state index in [4.69, 9.17) is 4.74 Å². The average Bonchev–Trinajstić information content (AvgIpc) is 2.38. The van der Waals surface area contributed by atoms with Crippen LogP contribution in [0.2, 0.25) is 0 Å². The Kier molecular flexibility index (Phi) is 5.06. The molecule has 0 atom stereocenters. The summed E-state index contributed by atoms with van der Waals surface area (Å²) in [6, 6.07) is 7.02. The molecule has 2 heteroatoms. The van der Waals surface area contributed by atoms with E-state index < -0.39 is 0 Å². The van der Waals surface area contributed by atoms with Crippen LogP contribution in [0.1, 0.15) is 43.2 Å². The lowest BCUT2D eigenvalue weighted by Crippen LogP contribution is -2.34. The summed E-state index contributed by atoms with van der Waals surface area (Å²) in [5, 5.41) is 3.61. The van der Waals surface area contributed by atoms with Crippen molar-refractivity contribution in [2.45, 2.75) is 52.0 Å². The minimum atomic E-state index is 0.723. The molecule has 1 aliphatic carbocycles. The second kappa shape index (κ2) is 6.79. The fourth-order valence-corrected chi connectivity index (χ4v) is 2.75. The molecular formula is C16H25NO. The molecular weight excluding hydrogens is 222 g/mol. The summed E-state index contributed by atoms with van der Waals surface area (Å²) >= 11 is 0. The lowest BCUT2D eigenvalue weighted by atomic mass is 9.96. The molecule has 0 unspecified atom stereocenters. The molecule has 0 radical (unpaired) electrons. The van der Waals surface area contributed by atoms with Crippen molar-refractivity contribution in [1.82, 2.24) is 5.32 Å². The van der Waals surface area contributed by atoms with Gasteiger partial charge in [0, 0.05) is 12.6 Å². The van der Waals surface area contributed by atoms with E-state index in [1.54, 1.807) is 0 Å². The first-order valence-electron chi connectivity index (χ1n) is 7.20. The molecule has 2 nitrogen and oxygen atoms in total. The molecule has 1 aromatic carbocycles. The van der Waals surface area contributed by atoms with Crippen molar-refractivity contribution in [3.8, 4) is 5.75 Å². The van der Waals surface area contributed by atoms with Gasteiger partial charge in [0.15, 0.2) is 0 Å². The van der Waals surface area contributed by atoms with E-state index in [0.717, 1.165) is 24.9 Å². The van der Waals surface area contributed by atoms with Crippen molar-refractivity contribution in [2.75, 3.05) is 13.2 Å². The summed E-state index contributed by atoms with van der Waals surface area (Å²) in [4.78, 5) is 0. The Morgan fingerprint density at radius 2 is 1.78 bits per heavy atom. The maximum atomic E-state index is 5.90. The maximum absolute atomic E-state index is 5.90. The van der Waals surface area contributed by atoms with E-state index in [-0.39, 0.29) is 0 Å². The average molecular weight is 247 g/mol. The van der Waals surface area contributed by atoms with Crippen molar-refractivity contribution in [1.29, 1.82) is 0 Å². The van der Waals surface area contributed by atoms with Gasteiger partial charge in [0.2, 0.25) is 0 Å². The van der Waals surface area contributed by atoms with Crippen LogP contribution in [-0.4, -0.2) is 19.2 Å². The van der Waals surface area contributed by atoms with Gasteiger partial charge >= 0.3 is 0 Å². The zero-order valence-electron chi connectivity index (χ0n) is 11.7. The van der Waals surface area contributed by atoms with E-state index in [2.05, 4.69) is 37.4 Å². The van der Waals surface area contributed by atoms with Crippen LogP contribution in [-0.2, 0) is 0 Å². The van der Waals surface area contributed by atoms with Gasteiger partial charge in [-0.15, -0.1) is 0 Å². The molecule has 0 bridgehead atoms. The van der Waals surface area contributed by atoms with Crippen molar-refractivity contribution >= 4 is 0 Å². The first kappa shape index (κ1) is 13.4. The number of aryl methyl sites for hydroxylation is 2. The standard InChI is InChI=1S/C16H25NO/c1-13-7-6-8-14(2)16(13)18-12-11-17-15-9-4-3-5-10-15/h6-8,15,17H,3-5,9-12H2,1-2H3. The van der Waals surface area contributed by atoms with Crippen LogP contribution in [0.3, 0.4) is 0 Å². The Balaban J connectivity index is 1.71. The highest BCUT2D eigenvalue weighted by Crippen LogP contribution is 2.22. The van der Waals surface area contributed by atoms with Gasteiger partial charge < -0.3 is 10.1 Å². The first-order valence-corrected chi connectivity index (χ1v) is 7.20. The molecule has 1 aliphatic rings. The topological polar surface area (TPSA) is 21.3 Å². The summed E-state index contributed by atoms with van der Waals surface area (Å²) in [6.07, 6.45) is 6.86. The van der Waals surface area contributed by atoms with E-state index in [1.807, 2.05) is 0 Å². The van der Waals surface area contributed by atoms with Crippen LogP contribution < -0.4 is 10.1 Å². The molecule has 1 aromatic rings. The zero-order chi connectivity index (χ0) is 12.8. The fourth-order valence-electron chi connectivity index (χ4n) is 2.75. The van der Waals surface area contributed by atoms with Gasteiger partial charge in [-0.2, -0.15) is 0 Å². The number of para-hydroxylation sites is 1. The molecule has 1 saturated carbocycles. The zero-order valence-corrected chi connectivity index (χ0v) is 11.7. The molecule has 0 saturated heterocycles. The fraction of sp³-hybridized carbons (Fsp3) is 0.625. The Bertz CT molecular complexity index is 349. The van der Waals surface area contributed by atoms with E-state index in [9.17, 15) is 0 Å². The van der Waals surface area contributed by atoms with E-state index in [0.29, 0.717) is 0 Å². The number of hydrogen-bond donors (Lipinski definition) is 1. The van der Waals surface area contributed by atoms with Crippen LogP contribution in [0.5, 0.6) is 5.75 Å². The largest absolute Gasteiger partial charge is 0.492 e. The monoisotopic (exact) mass is 247 g/mol. The SMILES string of the molecule is Cc1cccc(C)c1OCCNC1CCCCC1. The molecule has 18 heavy (non-hydrogen) atoms. The summed E-state index contributed by atoms with van der Waals surface area (Å²) in [5.41, 5.74) is 2.46. The Morgan fingerprint density at radius 3 is 2.44 bits per heavy atom. The molecule has 0 heterocycles. The van der Waals surface area contributed by atoms with Crippen molar-refractivity contribution in [2.24, 2.45) is 0 Å². The minimum absolute atomic E-state index is 0.723. The molecule has 0 spiro atoms. The quantitative estimate of drug-likeness (QED) is 0.803. The molecule has 0 aliphatic heterocycles. The normalized spacial score (nSPS) is 16.8. The molecule has 2 rings (SSSR count). The lowest BCUT2D eigenvalue weighted by Gasteiger charge is -2.23. The molecule has 0 aromatic heterocycles. The summed E-state index contributed by atoms with van der Waals surface area (Å²) in [5.74, 6) is 1.06. The van der Waals surface area contributed by atoms with E-state index in [1.165, 1.54) is 43.2 Å². The van der Waals surface area contributed by atoms with Gasteiger partial charge in [-0.1, -0.05) is 37.5 Å². The van der Waals surface area contributed by atoms with Crippen LogP contribution in [0.4, 0.5) is 0 Å². The molecule has 100 valence electrons. The first-order chi connectivity index (χ1) is 8.77. The van der Waals surface area contributed by atoms with Gasteiger partial charge in [-0.25, -0.2) is 0 Å². The van der Waals surface area contributed by atoms with Gasteiger partial charge in [0.25, 0.3) is 0 Å². The van der Waals surface area contributed by atoms with Gasteiger partial charge in [-0.3, -0.25) is 0 Å². The predicted octanol–water partition coefficient (Wildman–Crippen LogP) is 3.60. The van der Waals surface area contributed by atoms with Gasteiger partial charge in [0.05, 0.1) is 0 Å². The smallest absolute Gasteiger partial charge is 0.125 e. The third-order valence-corrected chi connectivity index (χ3v) is 3.80. The highest BCUT2D eigenvalue weighted by atomic mass is 16.5. The summed E-state index contributed by atoms with van der Waals surface area (Å²) < 4.78 is 5.90. The number of benzene rings is 1. The van der Waals surface area contributed by atoms with Crippen LogP contribution >= 0.6 is 0 Å². The number of hydrogen-bond acceptors (Lipinski definition) is 2. The van der Waals surface area contributed by atoms with Crippen molar-refractivity contribution in [3.05, 3.63) is 29.3 Å². The van der Waals surface area contributed by atoms with Crippen LogP contribution in [0.25, 0.3) is 0 Å². The van der Waals surface area contributed by atoms with E-state index >= 15 is 0 Å². The van der Waals surface area contributed by atoms with Crippen LogP contribution in [0, 0.1) is 13.8 Å². The maximum Gasteiger partial charge on any atom is 0.125 e. The number of ether oxygens (including phenoxy) is 1. The summed E-state index contributed by atoms with van der Waals surface area (Å²) in [6.45, 7) is 5.94. The lowest BCUT2D eigenvalue weighted by molar-refractivity contribution is 0.286. The van der Waals surface area contributed by atoms with Gasteiger partial charge in [-0.05, 0) is 37.8 Å². The van der Waals surface area contributed by atoms with Gasteiger partial charge in [0.1, 0.15) is 12.4 Å². The predicted molar refractivity (Wildman–Crippen MR) is 76.3 cm³/mol. The second-order valence-corrected chi connectivity index (χ2v) is 5.36. The summed E-state index contributed by atoms with van der Waals surface area (Å²) in [7, 11) is 0. The number of nitrogens with one attached hydrogen (secondary N) is 1. The third-order valence-electron chi connectivity index (χ3n) is 3.80. The highest BCUT2D eigenvalue weighted by molar-refractivity contribution is 5.39. The number of rotatable bonds is 5. The second-order valence-electron chi connectivity index (χ2n) is 5.36. The molecule has 0 amide bonds. The third kappa shape index (κ3) is 3.74. The van der Waals surface area contributed by atoms with Crippen molar-refractivity contribution < 1.29 is 4.74 Å². The minimum Gasteiger partial charge on any atom is -0.492 e. The Labute approximate surface area is 111 Å². The highest BCUT2D eigenvalue weighted by Gasteiger charge is 2.12. The Hall–Kier alpha value is -1.02. The van der Waals surface area contributed by atoms with Crippen molar-refractivity contribution in [3.63, 3.8) is 0 Å². The molecule has 1 fully saturated rings. The Morgan fingerprint density at radius 1 is 1.11 bits per heavy atom. The van der Waals surface area contributed by atoms with Crippen LogP contribution in [0.15, 0.2) is 18.2 Å². The molecule has 1 N–H and O–H groups in total.